The van der Waals surface area contributed by atoms with Crippen molar-refractivity contribution in [2.75, 3.05) is 19.0 Å². The van der Waals surface area contributed by atoms with E-state index in [1.54, 1.807) is 0 Å². The molecule has 1 aromatic rings. The Morgan fingerprint density at radius 2 is 1.95 bits per heavy atom. The van der Waals surface area contributed by atoms with Gasteiger partial charge in [-0.3, -0.25) is 0 Å². The maximum absolute atomic E-state index is 10.8. The van der Waals surface area contributed by atoms with Crippen molar-refractivity contribution in [3.8, 4) is 0 Å². The van der Waals surface area contributed by atoms with Crippen molar-refractivity contribution in [2.45, 2.75) is 26.7 Å². The molecule has 0 saturated heterocycles. The van der Waals surface area contributed by atoms with E-state index in [1.165, 1.54) is 28.5 Å². The Balaban J connectivity index is 0.00000180. The van der Waals surface area contributed by atoms with Crippen molar-refractivity contribution in [3.63, 3.8) is 0 Å². The molecule has 4 heteroatoms. The summed E-state index contributed by atoms with van der Waals surface area (Å²) in [7, 11) is 4.09. The molecule has 2 rings (SSSR count). The van der Waals surface area contributed by atoms with Gasteiger partial charge < -0.3 is 10.0 Å². The number of anilines is 1. The van der Waals surface area contributed by atoms with Gasteiger partial charge in [-0.1, -0.05) is 0 Å². The Morgan fingerprint density at radius 1 is 1.32 bits per heavy atom. The molecule has 0 bridgehead atoms. The molecule has 19 heavy (non-hydrogen) atoms. The monoisotopic (exact) mass is 334 g/mol. The van der Waals surface area contributed by atoms with Gasteiger partial charge in [0.2, 0.25) is 0 Å². The first-order valence-electron chi connectivity index (χ1n) is 6.16. The van der Waals surface area contributed by atoms with Crippen LogP contribution in [-0.2, 0) is 43.9 Å². The van der Waals surface area contributed by atoms with Crippen molar-refractivity contribution in [1.29, 1.82) is 0 Å². The SMILES string of the molecule is Cc1cc2c(c(C)c1N(C)C)CCC2=CC(=O)O.[Y]. The molecule has 1 aromatic carbocycles. The molecule has 0 heterocycles. The van der Waals surface area contributed by atoms with Crippen LogP contribution >= 0.6 is 0 Å². The summed E-state index contributed by atoms with van der Waals surface area (Å²) in [6.07, 6.45) is 3.13. The topological polar surface area (TPSA) is 40.5 Å². The molecule has 1 aliphatic rings. The van der Waals surface area contributed by atoms with Gasteiger partial charge in [-0.15, -0.1) is 0 Å². The van der Waals surface area contributed by atoms with Crippen LogP contribution in [0.25, 0.3) is 5.57 Å². The Labute approximate surface area is 139 Å². The summed E-state index contributed by atoms with van der Waals surface area (Å²) < 4.78 is 0. The summed E-state index contributed by atoms with van der Waals surface area (Å²) >= 11 is 0. The number of carboxylic acids is 1. The van der Waals surface area contributed by atoms with Crippen molar-refractivity contribution in [2.24, 2.45) is 0 Å². The van der Waals surface area contributed by atoms with Crippen LogP contribution in [0.15, 0.2) is 12.1 Å². The summed E-state index contributed by atoms with van der Waals surface area (Å²) in [6, 6.07) is 2.12. The molecule has 99 valence electrons. The number of rotatable bonds is 2. The van der Waals surface area contributed by atoms with Crippen LogP contribution in [0, 0.1) is 13.8 Å². The minimum absolute atomic E-state index is 0. The molecule has 0 unspecified atom stereocenters. The van der Waals surface area contributed by atoms with E-state index >= 15 is 0 Å². The van der Waals surface area contributed by atoms with Crippen LogP contribution in [-0.4, -0.2) is 25.2 Å². The normalized spacial score (nSPS) is 15.1. The Morgan fingerprint density at radius 3 is 2.47 bits per heavy atom. The number of allylic oxidation sites excluding steroid dienone is 1. The summed E-state index contributed by atoms with van der Waals surface area (Å²) in [4.78, 5) is 13.0. The average Bonchev–Trinajstić information content (AvgIpc) is 2.60. The van der Waals surface area contributed by atoms with Crippen molar-refractivity contribution in [3.05, 3.63) is 34.4 Å². The molecule has 0 spiro atoms. The molecule has 1 N–H and O–H groups in total. The molecule has 1 aliphatic carbocycles. The molecule has 0 amide bonds. The number of fused-ring (bicyclic) bond motifs is 1. The zero-order valence-corrected chi connectivity index (χ0v) is 14.8. The van der Waals surface area contributed by atoms with Gasteiger partial charge in [0, 0.05) is 58.6 Å². The molecular weight excluding hydrogens is 315 g/mol. The number of carboxylic acid groups (broad SMARTS) is 1. The third-order valence-electron chi connectivity index (χ3n) is 3.60. The van der Waals surface area contributed by atoms with Gasteiger partial charge in [0.25, 0.3) is 0 Å². The molecule has 0 aromatic heterocycles. The second-order valence-electron chi connectivity index (χ2n) is 5.10. The van der Waals surface area contributed by atoms with E-state index in [1.807, 2.05) is 14.1 Å². The zero-order chi connectivity index (χ0) is 13.4. The third-order valence-corrected chi connectivity index (χ3v) is 3.60. The molecule has 0 fully saturated rings. The fourth-order valence-electron chi connectivity index (χ4n) is 3.00. The van der Waals surface area contributed by atoms with Crippen LogP contribution in [0.2, 0.25) is 0 Å². The number of benzene rings is 1. The van der Waals surface area contributed by atoms with Crippen LogP contribution in [0.5, 0.6) is 0 Å². The van der Waals surface area contributed by atoms with Gasteiger partial charge in [-0.05, 0) is 60.6 Å². The number of aliphatic carboxylic acids is 1. The second-order valence-corrected chi connectivity index (χ2v) is 5.10. The maximum Gasteiger partial charge on any atom is 0.328 e. The fraction of sp³-hybridized carbons (Fsp3) is 0.400. The van der Waals surface area contributed by atoms with Crippen LogP contribution < -0.4 is 4.90 Å². The van der Waals surface area contributed by atoms with Gasteiger partial charge in [-0.25, -0.2) is 4.79 Å². The molecular formula is C15H19NO2Y. The van der Waals surface area contributed by atoms with Gasteiger partial charge >= 0.3 is 5.97 Å². The first-order valence-corrected chi connectivity index (χ1v) is 6.16. The molecule has 1 radical (unpaired) electrons. The fourth-order valence-corrected chi connectivity index (χ4v) is 3.00. The standard InChI is InChI=1S/C15H19NO2.Y/c1-9-7-13-11(8-14(17)18)5-6-12(13)10(2)15(9)16(3)4;/h7-8H,5-6H2,1-4H3,(H,17,18);. The molecule has 0 aliphatic heterocycles. The Kier molecular flexibility index (Phi) is 5.34. The van der Waals surface area contributed by atoms with Gasteiger partial charge in [0.1, 0.15) is 0 Å². The number of aryl methyl sites for hydroxylation is 1. The van der Waals surface area contributed by atoms with Crippen molar-refractivity contribution < 1.29 is 42.6 Å². The van der Waals surface area contributed by atoms with Crippen molar-refractivity contribution >= 4 is 17.2 Å². The first kappa shape index (κ1) is 16.4. The van der Waals surface area contributed by atoms with E-state index in [4.69, 9.17) is 5.11 Å². The maximum atomic E-state index is 10.8. The predicted molar refractivity (Wildman–Crippen MR) is 74.2 cm³/mol. The van der Waals surface area contributed by atoms with E-state index < -0.39 is 5.97 Å². The minimum Gasteiger partial charge on any atom is -0.478 e. The Bertz CT molecular complexity index is 548. The van der Waals surface area contributed by atoms with Gasteiger partial charge in [0.05, 0.1) is 0 Å². The summed E-state index contributed by atoms with van der Waals surface area (Å²) in [6.45, 7) is 4.21. The quantitative estimate of drug-likeness (QED) is 0.846. The average molecular weight is 334 g/mol. The van der Waals surface area contributed by atoms with Gasteiger partial charge in [-0.2, -0.15) is 0 Å². The molecule has 0 atom stereocenters. The smallest absolute Gasteiger partial charge is 0.328 e. The van der Waals surface area contributed by atoms with E-state index in [0.29, 0.717) is 0 Å². The zero-order valence-electron chi connectivity index (χ0n) is 11.9. The van der Waals surface area contributed by atoms with E-state index in [2.05, 4.69) is 24.8 Å². The predicted octanol–water partition coefficient (Wildman–Crippen LogP) is 2.78. The number of hydrogen-bond donors (Lipinski definition) is 1. The summed E-state index contributed by atoms with van der Waals surface area (Å²) in [5.74, 6) is -0.857. The molecule has 0 saturated carbocycles. The summed E-state index contributed by atoms with van der Waals surface area (Å²) in [5, 5.41) is 8.90. The number of hydrogen-bond acceptors (Lipinski definition) is 2. The van der Waals surface area contributed by atoms with Crippen LogP contribution in [0.1, 0.15) is 28.7 Å². The second kappa shape index (κ2) is 6.19. The minimum atomic E-state index is -0.857. The number of nitrogens with zero attached hydrogens (tertiary/aromatic N) is 1. The first-order chi connectivity index (χ1) is 8.41. The van der Waals surface area contributed by atoms with Crippen LogP contribution in [0.4, 0.5) is 5.69 Å². The van der Waals surface area contributed by atoms with Crippen LogP contribution in [0.3, 0.4) is 0 Å². The van der Waals surface area contributed by atoms with Crippen molar-refractivity contribution in [1.82, 2.24) is 0 Å². The van der Waals surface area contributed by atoms with E-state index in [9.17, 15) is 4.79 Å². The number of carbonyl (C=O) groups is 1. The Hall–Kier alpha value is -0.666. The van der Waals surface area contributed by atoms with E-state index in [0.717, 1.165) is 24.0 Å². The largest absolute Gasteiger partial charge is 0.478 e. The van der Waals surface area contributed by atoms with Gasteiger partial charge in [0.15, 0.2) is 0 Å². The van der Waals surface area contributed by atoms with E-state index in [-0.39, 0.29) is 32.7 Å². The molecule has 3 nitrogen and oxygen atoms in total. The third kappa shape index (κ3) is 3.09. The summed E-state index contributed by atoms with van der Waals surface area (Å²) in [5.41, 5.74) is 7.12.